The lowest BCUT2D eigenvalue weighted by atomic mass is 10.1. The molecule has 0 saturated heterocycles. The second-order valence-corrected chi connectivity index (χ2v) is 11.9. The fourth-order valence-corrected chi connectivity index (χ4v) is 5.24. The predicted molar refractivity (Wildman–Crippen MR) is 172 cm³/mol. The van der Waals surface area contributed by atoms with Crippen molar-refractivity contribution in [2.24, 2.45) is 0 Å². The molecule has 0 aromatic carbocycles. The fraction of sp³-hybridized carbons (Fsp3) is 0.912. The van der Waals surface area contributed by atoms with Gasteiger partial charge in [0.25, 0.3) is 0 Å². The quantitative estimate of drug-likeness (QED) is 0.0699. The minimum absolute atomic E-state index is 0.0384. The van der Waals surface area contributed by atoms with Crippen LogP contribution < -0.4 is 10.6 Å². The number of carbonyl (C=O) groups is 3. The lowest BCUT2D eigenvalue weighted by Gasteiger charge is -2.20. The molecule has 0 atom stereocenters. The van der Waals surface area contributed by atoms with Gasteiger partial charge in [-0.1, -0.05) is 142 Å². The van der Waals surface area contributed by atoms with Gasteiger partial charge in [-0.3, -0.25) is 19.3 Å². The van der Waals surface area contributed by atoms with Crippen LogP contribution in [0.5, 0.6) is 0 Å². The van der Waals surface area contributed by atoms with Gasteiger partial charge >= 0.3 is 5.97 Å². The summed E-state index contributed by atoms with van der Waals surface area (Å²) in [6.45, 7) is 6.18. The molecule has 2 amide bonds. The smallest absolute Gasteiger partial charge is 0.317 e. The number of nitrogens with one attached hydrogen (secondary N) is 2. The predicted octanol–water partition coefficient (Wildman–Crippen LogP) is 8.01. The largest absolute Gasteiger partial charge is 0.480 e. The van der Waals surface area contributed by atoms with Crippen LogP contribution in [0.25, 0.3) is 0 Å². The maximum absolute atomic E-state index is 12.2. The molecular weight excluding hydrogens is 514 g/mol. The Morgan fingerprint density at radius 3 is 1.07 bits per heavy atom. The first-order valence-corrected chi connectivity index (χ1v) is 17.5. The van der Waals surface area contributed by atoms with Gasteiger partial charge in [0.2, 0.25) is 11.8 Å². The Labute approximate surface area is 253 Å². The van der Waals surface area contributed by atoms with Crippen LogP contribution in [0.2, 0.25) is 0 Å². The maximum atomic E-state index is 12.2. The summed E-state index contributed by atoms with van der Waals surface area (Å²) >= 11 is 0. The summed E-state index contributed by atoms with van der Waals surface area (Å²) in [5.41, 5.74) is 0. The molecule has 0 saturated carbocycles. The van der Waals surface area contributed by atoms with Crippen LogP contribution in [0.1, 0.15) is 168 Å². The number of hydrogen-bond donors (Lipinski definition) is 3. The zero-order chi connectivity index (χ0) is 30.2. The van der Waals surface area contributed by atoms with Crippen molar-refractivity contribution in [3.63, 3.8) is 0 Å². The van der Waals surface area contributed by atoms with E-state index in [1.54, 1.807) is 4.90 Å². The van der Waals surface area contributed by atoms with Crippen LogP contribution in [0.4, 0.5) is 0 Å². The Kier molecular flexibility index (Phi) is 30.1. The summed E-state index contributed by atoms with van der Waals surface area (Å²) < 4.78 is 0. The molecule has 0 aromatic rings. The van der Waals surface area contributed by atoms with Crippen molar-refractivity contribution in [1.29, 1.82) is 0 Å². The summed E-state index contributed by atoms with van der Waals surface area (Å²) in [5, 5.41) is 15.1. The van der Waals surface area contributed by atoms with E-state index in [2.05, 4.69) is 24.5 Å². The van der Waals surface area contributed by atoms with Gasteiger partial charge in [0.05, 0.1) is 6.54 Å². The van der Waals surface area contributed by atoms with Crippen LogP contribution in [0, 0.1) is 0 Å². The zero-order valence-corrected chi connectivity index (χ0v) is 27.1. The average molecular weight is 582 g/mol. The molecule has 242 valence electrons. The molecule has 7 heteroatoms. The molecule has 0 spiro atoms. The van der Waals surface area contributed by atoms with Crippen LogP contribution in [-0.2, 0) is 14.4 Å². The summed E-state index contributed by atoms with van der Waals surface area (Å²) in [4.78, 5) is 37.3. The van der Waals surface area contributed by atoms with Gasteiger partial charge in [0, 0.05) is 39.0 Å². The topological polar surface area (TPSA) is 98.7 Å². The van der Waals surface area contributed by atoms with E-state index in [-0.39, 0.29) is 18.4 Å². The summed E-state index contributed by atoms with van der Waals surface area (Å²) in [5.74, 6) is -0.822. The number of unbranched alkanes of at least 4 members (excludes halogenated alkanes) is 20. The highest BCUT2D eigenvalue weighted by atomic mass is 16.4. The third-order valence-corrected chi connectivity index (χ3v) is 7.87. The first kappa shape index (κ1) is 39.4. The van der Waals surface area contributed by atoms with E-state index in [9.17, 15) is 19.5 Å². The first-order valence-electron chi connectivity index (χ1n) is 17.5. The molecular formula is C34H67N3O4. The van der Waals surface area contributed by atoms with Crippen molar-refractivity contribution in [2.75, 3.05) is 32.7 Å². The number of carboxylic acid groups (broad SMARTS) is 1. The number of amides is 2. The SMILES string of the molecule is CCCCCCCCCCCCCC(=O)NCCN(CCNC(=O)CCCCCCCCCCCCC)CC(=O)O. The van der Waals surface area contributed by atoms with Crippen molar-refractivity contribution in [3.05, 3.63) is 0 Å². The van der Waals surface area contributed by atoms with Crippen LogP contribution in [0.3, 0.4) is 0 Å². The average Bonchev–Trinajstić information content (AvgIpc) is 2.94. The molecule has 0 aliphatic carbocycles. The van der Waals surface area contributed by atoms with Crippen molar-refractivity contribution in [2.45, 2.75) is 168 Å². The van der Waals surface area contributed by atoms with Crippen LogP contribution >= 0.6 is 0 Å². The number of carbonyl (C=O) groups excluding carboxylic acids is 2. The van der Waals surface area contributed by atoms with Gasteiger partial charge in [-0.25, -0.2) is 0 Å². The lowest BCUT2D eigenvalue weighted by Crippen LogP contribution is -2.41. The van der Waals surface area contributed by atoms with Crippen LogP contribution in [-0.4, -0.2) is 60.5 Å². The number of nitrogens with zero attached hydrogens (tertiary/aromatic N) is 1. The molecule has 3 N–H and O–H groups in total. The van der Waals surface area contributed by atoms with Gasteiger partial charge in [-0.15, -0.1) is 0 Å². The van der Waals surface area contributed by atoms with Crippen LogP contribution in [0.15, 0.2) is 0 Å². The first-order chi connectivity index (χ1) is 20.0. The minimum atomic E-state index is -0.899. The van der Waals surface area contributed by atoms with E-state index in [1.165, 1.54) is 116 Å². The maximum Gasteiger partial charge on any atom is 0.317 e. The molecule has 0 rings (SSSR count). The Morgan fingerprint density at radius 1 is 0.488 bits per heavy atom. The van der Waals surface area contributed by atoms with E-state index >= 15 is 0 Å². The van der Waals surface area contributed by atoms with E-state index in [4.69, 9.17) is 0 Å². The van der Waals surface area contributed by atoms with Gasteiger partial charge in [-0.2, -0.15) is 0 Å². The number of rotatable bonds is 32. The van der Waals surface area contributed by atoms with E-state index in [0.29, 0.717) is 39.0 Å². The Morgan fingerprint density at radius 2 is 0.780 bits per heavy atom. The second kappa shape index (κ2) is 31.3. The molecule has 0 radical (unpaired) electrons. The van der Waals surface area contributed by atoms with Gasteiger partial charge in [-0.05, 0) is 12.8 Å². The highest BCUT2D eigenvalue weighted by Gasteiger charge is 2.11. The highest BCUT2D eigenvalue weighted by Crippen LogP contribution is 2.13. The molecule has 0 fully saturated rings. The van der Waals surface area contributed by atoms with E-state index in [1.807, 2.05) is 0 Å². The van der Waals surface area contributed by atoms with Gasteiger partial charge in [0.1, 0.15) is 0 Å². The Balaban J connectivity index is 3.74. The summed E-state index contributed by atoms with van der Waals surface area (Å²) in [6.07, 6.45) is 28.7. The molecule has 0 aliphatic heterocycles. The second-order valence-electron chi connectivity index (χ2n) is 11.9. The molecule has 0 aromatic heterocycles. The summed E-state index contributed by atoms with van der Waals surface area (Å²) in [6, 6.07) is 0. The molecule has 0 aliphatic rings. The monoisotopic (exact) mass is 582 g/mol. The van der Waals surface area contributed by atoms with Crippen molar-refractivity contribution in [3.8, 4) is 0 Å². The lowest BCUT2D eigenvalue weighted by molar-refractivity contribution is -0.138. The number of aliphatic carboxylic acids is 1. The molecule has 0 unspecified atom stereocenters. The van der Waals surface area contributed by atoms with Crippen molar-refractivity contribution >= 4 is 17.8 Å². The molecule has 0 bridgehead atoms. The number of carboxylic acids is 1. The zero-order valence-electron chi connectivity index (χ0n) is 27.1. The van der Waals surface area contributed by atoms with Gasteiger partial charge < -0.3 is 15.7 Å². The Bertz CT molecular complexity index is 571. The van der Waals surface area contributed by atoms with E-state index < -0.39 is 5.97 Å². The Hall–Kier alpha value is -1.63. The van der Waals surface area contributed by atoms with Gasteiger partial charge in [0.15, 0.2) is 0 Å². The number of hydrogen-bond acceptors (Lipinski definition) is 4. The highest BCUT2D eigenvalue weighted by molar-refractivity contribution is 5.76. The van der Waals surface area contributed by atoms with Crippen molar-refractivity contribution in [1.82, 2.24) is 15.5 Å². The minimum Gasteiger partial charge on any atom is -0.480 e. The normalized spacial score (nSPS) is 11.2. The third-order valence-electron chi connectivity index (χ3n) is 7.87. The summed E-state index contributed by atoms with van der Waals surface area (Å²) in [7, 11) is 0. The third kappa shape index (κ3) is 31.1. The standard InChI is InChI=1S/C34H67N3O4/c1-3-5-7-9-11-13-15-17-19-21-23-25-32(38)35-27-29-37(31-34(40)41)30-28-36-33(39)26-24-22-20-18-16-14-12-10-8-6-4-2/h3-31H2,1-2H3,(H,35,38)(H,36,39)(H,40,41). The fourth-order valence-electron chi connectivity index (χ4n) is 5.24. The molecule has 0 heterocycles. The molecule has 7 nitrogen and oxygen atoms in total. The molecule has 41 heavy (non-hydrogen) atoms. The van der Waals surface area contributed by atoms with E-state index in [0.717, 1.165) is 25.7 Å². The van der Waals surface area contributed by atoms with Crippen molar-refractivity contribution < 1.29 is 19.5 Å².